The van der Waals surface area contributed by atoms with Crippen molar-refractivity contribution in [1.82, 2.24) is 5.32 Å². The molecule has 19 heavy (non-hydrogen) atoms. The number of phenols is 1. The first-order valence-corrected chi connectivity index (χ1v) is 7.19. The average Bonchev–Trinajstić information content (AvgIpc) is 2.66. The molecule has 1 aromatic carbocycles. The molecule has 0 aromatic heterocycles. The molecule has 1 saturated heterocycles. The minimum Gasteiger partial charge on any atom is -0.506 e. The summed E-state index contributed by atoms with van der Waals surface area (Å²) in [7, 11) is 0. The van der Waals surface area contributed by atoms with Gasteiger partial charge in [-0.3, -0.25) is 0 Å². The van der Waals surface area contributed by atoms with E-state index in [0.29, 0.717) is 29.7 Å². The van der Waals surface area contributed by atoms with Gasteiger partial charge in [0.05, 0.1) is 23.8 Å². The maximum atomic E-state index is 10.3. The second-order valence-corrected chi connectivity index (χ2v) is 5.41. The molecule has 0 aliphatic carbocycles. The summed E-state index contributed by atoms with van der Waals surface area (Å²) >= 11 is 6.11. The van der Waals surface area contributed by atoms with Gasteiger partial charge in [0.15, 0.2) is 11.5 Å². The highest BCUT2D eigenvalue weighted by molar-refractivity contribution is 6.32. The molecule has 1 aromatic rings. The summed E-state index contributed by atoms with van der Waals surface area (Å²) in [5.41, 5.74) is 0.754. The third kappa shape index (κ3) is 2.47. The molecule has 0 bridgehead atoms. The van der Waals surface area contributed by atoms with E-state index in [-0.39, 0.29) is 11.8 Å². The summed E-state index contributed by atoms with van der Waals surface area (Å²) in [6.07, 6.45) is 4.12. The molecule has 3 rings (SSSR count). The Morgan fingerprint density at radius 1 is 1.21 bits per heavy atom. The number of piperidine rings is 1. The summed E-state index contributed by atoms with van der Waals surface area (Å²) in [6.45, 7) is 2.17. The van der Waals surface area contributed by atoms with Crippen LogP contribution in [0.1, 0.15) is 37.3 Å². The molecule has 2 aliphatic heterocycles. The second kappa shape index (κ2) is 5.47. The van der Waals surface area contributed by atoms with E-state index >= 15 is 0 Å². The highest BCUT2D eigenvalue weighted by Gasteiger charge is 2.28. The van der Waals surface area contributed by atoms with Crippen LogP contribution >= 0.6 is 11.6 Å². The average molecular weight is 284 g/mol. The van der Waals surface area contributed by atoms with Gasteiger partial charge in [-0.25, -0.2) is 0 Å². The topological polar surface area (TPSA) is 50.7 Å². The molecule has 5 heteroatoms. The van der Waals surface area contributed by atoms with Gasteiger partial charge >= 0.3 is 0 Å². The summed E-state index contributed by atoms with van der Waals surface area (Å²) in [5.74, 6) is 1.41. The Labute approximate surface area is 117 Å². The summed E-state index contributed by atoms with van der Waals surface area (Å²) < 4.78 is 11.5. The zero-order valence-corrected chi connectivity index (χ0v) is 11.5. The van der Waals surface area contributed by atoms with Crippen LogP contribution in [0.4, 0.5) is 0 Å². The quantitative estimate of drug-likeness (QED) is 0.832. The van der Waals surface area contributed by atoms with E-state index in [0.717, 1.165) is 37.8 Å². The minimum atomic E-state index is 0.0860. The Balaban J connectivity index is 2.07. The Kier molecular flexibility index (Phi) is 3.71. The number of fused-ring (bicyclic) bond motifs is 1. The van der Waals surface area contributed by atoms with Crippen molar-refractivity contribution < 1.29 is 14.6 Å². The van der Waals surface area contributed by atoms with Crippen LogP contribution < -0.4 is 14.8 Å². The smallest absolute Gasteiger partial charge is 0.169 e. The van der Waals surface area contributed by atoms with Crippen molar-refractivity contribution in [2.24, 2.45) is 0 Å². The molecule has 1 unspecified atom stereocenters. The molecule has 4 nitrogen and oxygen atoms in total. The van der Waals surface area contributed by atoms with Crippen molar-refractivity contribution in [2.75, 3.05) is 19.8 Å². The van der Waals surface area contributed by atoms with Crippen molar-refractivity contribution in [3.63, 3.8) is 0 Å². The Bertz CT molecular complexity index is 472. The fraction of sp³-hybridized carbons (Fsp3) is 0.571. The molecule has 0 saturated carbocycles. The minimum absolute atomic E-state index is 0.0860. The lowest BCUT2D eigenvalue weighted by atomic mass is 9.95. The van der Waals surface area contributed by atoms with Crippen molar-refractivity contribution in [3.8, 4) is 17.2 Å². The number of nitrogens with one attached hydrogen (secondary N) is 1. The van der Waals surface area contributed by atoms with Gasteiger partial charge in [-0.15, -0.1) is 0 Å². The highest BCUT2D eigenvalue weighted by Crippen LogP contribution is 2.47. The lowest BCUT2D eigenvalue weighted by Gasteiger charge is -2.27. The van der Waals surface area contributed by atoms with Crippen molar-refractivity contribution >= 4 is 11.6 Å². The standard InChI is InChI=1S/C14H18ClNO3/c15-9-8-11-14(19-7-3-6-18-11)12(13(9)17)10-4-1-2-5-16-10/h8,10,16-17H,1-7H2. The molecule has 0 spiro atoms. The number of rotatable bonds is 1. The van der Waals surface area contributed by atoms with Gasteiger partial charge < -0.3 is 19.9 Å². The van der Waals surface area contributed by atoms with Crippen LogP contribution in [0.15, 0.2) is 6.07 Å². The number of ether oxygens (including phenoxy) is 2. The van der Waals surface area contributed by atoms with E-state index in [1.807, 2.05) is 0 Å². The zero-order chi connectivity index (χ0) is 13.2. The lowest BCUT2D eigenvalue weighted by Crippen LogP contribution is -2.27. The summed E-state index contributed by atoms with van der Waals surface area (Å²) in [5, 5.41) is 14.0. The molecule has 1 fully saturated rings. The van der Waals surface area contributed by atoms with Crippen molar-refractivity contribution in [3.05, 3.63) is 16.7 Å². The number of aromatic hydroxyl groups is 1. The molecule has 1 atom stereocenters. The van der Waals surface area contributed by atoms with Gasteiger partial charge in [0.25, 0.3) is 0 Å². The molecule has 0 amide bonds. The van der Waals surface area contributed by atoms with E-state index in [2.05, 4.69) is 5.32 Å². The van der Waals surface area contributed by atoms with Crippen molar-refractivity contribution in [1.29, 1.82) is 0 Å². The maximum absolute atomic E-state index is 10.3. The lowest BCUT2D eigenvalue weighted by molar-refractivity contribution is 0.292. The largest absolute Gasteiger partial charge is 0.506 e. The Morgan fingerprint density at radius 3 is 2.84 bits per heavy atom. The fourth-order valence-electron chi connectivity index (χ4n) is 2.71. The van der Waals surface area contributed by atoms with E-state index in [4.69, 9.17) is 21.1 Å². The molecule has 2 aliphatic rings. The van der Waals surface area contributed by atoms with Gasteiger partial charge in [0.2, 0.25) is 0 Å². The molecule has 2 N–H and O–H groups in total. The molecular weight excluding hydrogens is 266 g/mol. The first-order chi connectivity index (χ1) is 9.27. The number of benzene rings is 1. The van der Waals surface area contributed by atoms with Crippen molar-refractivity contribution in [2.45, 2.75) is 31.7 Å². The first-order valence-electron chi connectivity index (χ1n) is 6.81. The fourth-order valence-corrected chi connectivity index (χ4v) is 2.91. The van der Waals surface area contributed by atoms with Crippen LogP contribution in [0.5, 0.6) is 17.2 Å². The zero-order valence-electron chi connectivity index (χ0n) is 10.7. The summed E-state index contributed by atoms with van der Waals surface area (Å²) in [4.78, 5) is 0. The molecule has 2 heterocycles. The van der Waals surface area contributed by atoms with Gasteiger partial charge in [0.1, 0.15) is 5.75 Å². The molecular formula is C14H18ClNO3. The van der Waals surface area contributed by atoms with Crippen LogP contribution in [0.3, 0.4) is 0 Å². The van der Waals surface area contributed by atoms with E-state index in [1.165, 1.54) is 0 Å². The van der Waals surface area contributed by atoms with Crippen LogP contribution in [0.2, 0.25) is 5.02 Å². The predicted molar refractivity (Wildman–Crippen MR) is 73.3 cm³/mol. The molecule has 0 radical (unpaired) electrons. The second-order valence-electron chi connectivity index (χ2n) is 5.00. The van der Waals surface area contributed by atoms with Gasteiger partial charge in [-0.05, 0) is 19.4 Å². The normalized spacial score (nSPS) is 22.9. The number of hydrogen-bond donors (Lipinski definition) is 2. The maximum Gasteiger partial charge on any atom is 0.169 e. The molecule has 104 valence electrons. The van der Waals surface area contributed by atoms with E-state index in [9.17, 15) is 5.11 Å². The van der Waals surface area contributed by atoms with E-state index < -0.39 is 0 Å². The van der Waals surface area contributed by atoms with Crippen LogP contribution in [-0.2, 0) is 0 Å². The van der Waals surface area contributed by atoms with Gasteiger partial charge in [0, 0.05) is 18.5 Å². The van der Waals surface area contributed by atoms with E-state index in [1.54, 1.807) is 6.07 Å². The van der Waals surface area contributed by atoms with Crippen LogP contribution in [0, 0.1) is 0 Å². The highest BCUT2D eigenvalue weighted by atomic mass is 35.5. The SMILES string of the molecule is Oc1c(Cl)cc2c(c1C1CCCCN1)OCCCO2. The first kappa shape index (κ1) is 12.9. The number of phenolic OH excluding ortho intramolecular Hbond substituents is 1. The monoisotopic (exact) mass is 283 g/mol. The van der Waals surface area contributed by atoms with Gasteiger partial charge in [-0.2, -0.15) is 0 Å². The summed E-state index contributed by atoms with van der Waals surface area (Å²) in [6, 6.07) is 1.73. The Morgan fingerprint density at radius 2 is 2.05 bits per heavy atom. The van der Waals surface area contributed by atoms with Gasteiger partial charge in [-0.1, -0.05) is 18.0 Å². The number of halogens is 1. The van der Waals surface area contributed by atoms with Crippen LogP contribution in [0.25, 0.3) is 0 Å². The van der Waals surface area contributed by atoms with Crippen LogP contribution in [-0.4, -0.2) is 24.9 Å². The number of hydrogen-bond acceptors (Lipinski definition) is 4. The Hall–Kier alpha value is -1.13. The predicted octanol–water partition coefficient (Wildman–Crippen LogP) is 3.02. The third-order valence-electron chi connectivity index (χ3n) is 3.66. The third-order valence-corrected chi connectivity index (χ3v) is 3.95.